The van der Waals surface area contributed by atoms with Crippen LogP contribution < -0.4 is 0 Å². The Morgan fingerprint density at radius 2 is 2.15 bits per heavy atom. The van der Waals surface area contributed by atoms with Gasteiger partial charge in [0.1, 0.15) is 11.5 Å². The van der Waals surface area contributed by atoms with Gasteiger partial charge in [-0.1, -0.05) is 24.2 Å². The smallest absolute Gasteiger partial charge is 0.274 e. The first-order valence-electron chi connectivity index (χ1n) is 6.49. The molecule has 0 spiro atoms. The molecule has 0 aliphatic rings. The van der Waals surface area contributed by atoms with Crippen LogP contribution in [0.25, 0.3) is 11.6 Å². The van der Waals surface area contributed by atoms with Crippen LogP contribution in [0.5, 0.6) is 0 Å². The van der Waals surface area contributed by atoms with Crippen LogP contribution >= 0.6 is 0 Å². The van der Waals surface area contributed by atoms with Gasteiger partial charge in [0.25, 0.3) is 5.89 Å². The highest BCUT2D eigenvalue weighted by Crippen LogP contribution is 2.19. The SMILES string of the molecule is CCc1noc(-c2cccn2Cc2cccc(F)c2)n1. The molecule has 0 fully saturated rings. The molecule has 1 aromatic carbocycles. The average Bonchev–Trinajstić information content (AvgIpc) is 3.06. The third-order valence-corrected chi connectivity index (χ3v) is 3.07. The molecule has 0 aliphatic carbocycles. The Kier molecular flexibility index (Phi) is 3.33. The maximum Gasteiger partial charge on any atom is 0.274 e. The molecule has 0 atom stereocenters. The van der Waals surface area contributed by atoms with Gasteiger partial charge in [-0.25, -0.2) is 4.39 Å². The van der Waals surface area contributed by atoms with Crippen molar-refractivity contribution in [2.24, 2.45) is 0 Å². The van der Waals surface area contributed by atoms with E-state index in [9.17, 15) is 4.39 Å². The summed E-state index contributed by atoms with van der Waals surface area (Å²) in [7, 11) is 0. The van der Waals surface area contributed by atoms with Gasteiger partial charge >= 0.3 is 0 Å². The van der Waals surface area contributed by atoms with Crippen molar-refractivity contribution < 1.29 is 8.91 Å². The van der Waals surface area contributed by atoms with E-state index >= 15 is 0 Å². The molecule has 0 saturated heterocycles. The zero-order chi connectivity index (χ0) is 13.9. The molecular formula is C15H14FN3O. The van der Waals surface area contributed by atoms with Gasteiger partial charge in [0.2, 0.25) is 0 Å². The minimum atomic E-state index is -0.234. The predicted octanol–water partition coefficient (Wildman–Crippen LogP) is 3.29. The lowest BCUT2D eigenvalue weighted by Crippen LogP contribution is -2.00. The highest BCUT2D eigenvalue weighted by atomic mass is 19.1. The summed E-state index contributed by atoms with van der Waals surface area (Å²) in [6.45, 7) is 2.53. The van der Waals surface area contributed by atoms with E-state index in [0.29, 0.717) is 18.3 Å². The molecule has 0 aliphatic heterocycles. The number of hydrogen-bond acceptors (Lipinski definition) is 3. The van der Waals surface area contributed by atoms with Crippen molar-refractivity contribution in [3.05, 3.63) is 59.8 Å². The molecule has 0 saturated carbocycles. The van der Waals surface area contributed by atoms with E-state index in [1.165, 1.54) is 12.1 Å². The average molecular weight is 271 g/mol. The van der Waals surface area contributed by atoms with Gasteiger partial charge in [0.05, 0.1) is 0 Å². The molecular weight excluding hydrogens is 257 g/mol. The standard InChI is InChI=1S/C15H14FN3O/c1-2-14-17-15(20-18-14)13-7-4-8-19(13)10-11-5-3-6-12(16)9-11/h3-9H,2,10H2,1H3. The van der Waals surface area contributed by atoms with Crippen molar-refractivity contribution in [2.75, 3.05) is 0 Å². The quantitative estimate of drug-likeness (QED) is 0.731. The maximum atomic E-state index is 13.2. The van der Waals surface area contributed by atoms with Gasteiger partial charge in [0.15, 0.2) is 5.82 Å². The van der Waals surface area contributed by atoms with E-state index in [1.807, 2.05) is 35.9 Å². The van der Waals surface area contributed by atoms with E-state index in [2.05, 4.69) is 10.1 Å². The highest BCUT2D eigenvalue weighted by molar-refractivity contribution is 5.48. The van der Waals surface area contributed by atoms with Gasteiger partial charge in [0, 0.05) is 19.2 Å². The summed E-state index contributed by atoms with van der Waals surface area (Å²) in [5, 5.41) is 3.89. The number of hydrogen-bond donors (Lipinski definition) is 0. The lowest BCUT2D eigenvalue weighted by molar-refractivity contribution is 0.420. The summed E-state index contributed by atoms with van der Waals surface area (Å²) >= 11 is 0. The van der Waals surface area contributed by atoms with Crippen molar-refractivity contribution in [2.45, 2.75) is 19.9 Å². The molecule has 2 heterocycles. The van der Waals surface area contributed by atoms with Crippen LogP contribution in [-0.4, -0.2) is 14.7 Å². The van der Waals surface area contributed by atoms with Crippen LogP contribution in [0.15, 0.2) is 47.1 Å². The van der Waals surface area contributed by atoms with E-state index in [1.54, 1.807) is 6.07 Å². The van der Waals surface area contributed by atoms with Gasteiger partial charge in [-0.2, -0.15) is 4.98 Å². The molecule has 3 aromatic rings. The molecule has 5 heteroatoms. The molecule has 0 unspecified atom stereocenters. The molecule has 0 bridgehead atoms. The summed E-state index contributed by atoms with van der Waals surface area (Å²) in [6, 6.07) is 10.4. The van der Waals surface area contributed by atoms with Crippen molar-refractivity contribution in [3.8, 4) is 11.6 Å². The second-order valence-electron chi connectivity index (χ2n) is 4.52. The lowest BCUT2D eigenvalue weighted by Gasteiger charge is -2.06. The second-order valence-corrected chi connectivity index (χ2v) is 4.52. The van der Waals surface area contributed by atoms with E-state index in [4.69, 9.17) is 4.52 Å². The Balaban J connectivity index is 1.90. The number of halogens is 1. The minimum Gasteiger partial charge on any atom is -0.339 e. The first kappa shape index (κ1) is 12.6. The number of rotatable bonds is 4. The van der Waals surface area contributed by atoms with Crippen molar-refractivity contribution in [1.82, 2.24) is 14.7 Å². The molecule has 4 nitrogen and oxygen atoms in total. The Labute approximate surface area is 115 Å². The summed E-state index contributed by atoms with van der Waals surface area (Å²) < 4.78 is 20.4. The topological polar surface area (TPSA) is 43.9 Å². The number of aryl methyl sites for hydroxylation is 1. The number of aromatic nitrogens is 3. The first-order valence-corrected chi connectivity index (χ1v) is 6.49. The first-order chi connectivity index (χ1) is 9.76. The summed E-state index contributed by atoms with van der Waals surface area (Å²) in [5.41, 5.74) is 1.72. The maximum absolute atomic E-state index is 13.2. The Bertz CT molecular complexity index is 717. The van der Waals surface area contributed by atoms with Gasteiger partial charge in [-0.3, -0.25) is 0 Å². The molecule has 3 rings (SSSR count). The predicted molar refractivity (Wildman–Crippen MR) is 72.6 cm³/mol. The zero-order valence-electron chi connectivity index (χ0n) is 11.1. The van der Waals surface area contributed by atoms with Crippen LogP contribution in [-0.2, 0) is 13.0 Å². The Hall–Kier alpha value is -2.43. The van der Waals surface area contributed by atoms with Crippen molar-refractivity contribution >= 4 is 0 Å². The summed E-state index contributed by atoms with van der Waals surface area (Å²) in [6.07, 6.45) is 2.64. The largest absolute Gasteiger partial charge is 0.339 e. The molecule has 20 heavy (non-hydrogen) atoms. The monoisotopic (exact) mass is 271 g/mol. The van der Waals surface area contributed by atoms with Gasteiger partial charge in [-0.15, -0.1) is 0 Å². The van der Waals surface area contributed by atoms with E-state index in [0.717, 1.165) is 17.7 Å². The molecule has 2 aromatic heterocycles. The molecule has 0 radical (unpaired) electrons. The Morgan fingerprint density at radius 3 is 2.90 bits per heavy atom. The zero-order valence-corrected chi connectivity index (χ0v) is 11.1. The van der Waals surface area contributed by atoms with Crippen LogP contribution in [0.1, 0.15) is 18.3 Å². The summed E-state index contributed by atoms with van der Waals surface area (Å²) in [4.78, 5) is 4.32. The Morgan fingerprint density at radius 1 is 1.25 bits per heavy atom. The summed E-state index contributed by atoms with van der Waals surface area (Å²) in [5.74, 6) is 0.934. The van der Waals surface area contributed by atoms with Crippen molar-refractivity contribution in [1.29, 1.82) is 0 Å². The van der Waals surface area contributed by atoms with E-state index in [-0.39, 0.29) is 5.82 Å². The third-order valence-electron chi connectivity index (χ3n) is 3.07. The number of nitrogens with zero attached hydrogens (tertiary/aromatic N) is 3. The van der Waals surface area contributed by atoms with Gasteiger partial charge in [-0.05, 0) is 29.8 Å². The third kappa shape index (κ3) is 2.47. The highest BCUT2D eigenvalue weighted by Gasteiger charge is 2.12. The van der Waals surface area contributed by atoms with Crippen molar-refractivity contribution in [3.63, 3.8) is 0 Å². The van der Waals surface area contributed by atoms with E-state index < -0.39 is 0 Å². The van der Waals surface area contributed by atoms with Crippen LogP contribution in [0.3, 0.4) is 0 Å². The fourth-order valence-electron chi connectivity index (χ4n) is 2.08. The fraction of sp³-hybridized carbons (Fsp3) is 0.200. The van der Waals surface area contributed by atoms with Crippen LogP contribution in [0, 0.1) is 5.82 Å². The normalized spacial score (nSPS) is 10.9. The second kappa shape index (κ2) is 5.28. The fourth-order valence-corrected chi connectivity index (χ4v) is 2.08. The molecule has 0 N–H and O–H groups in total. The molecule has 0 amide bonds. The minimum absolute atomic E-state index is 0.234. The lowest BCUT2D eigenvalue weighted by atomic mass is 10.2. The molecule has 102 valence electrons. The van der Waals surface area contributed by atoms with Gasteiger partial charge < -0.3 is 9.09 Å². The van der Waals surface area contributed by atoms with Crippen LogP contribution in [0.2, 0.25) is 0 Å². The number of benzene rings is 1. The van der Waals surface area contributed by atoms with Crippen LogP contribution in [0.4, 0.5) is 4.39 Å².